The molecule has 0 aliphatic rings. The summed E-state index contributed by atoms with van der Waals surface area (Å²) in [6.45, 7) is 1.06. The van der Waals surface area contributed by atoms with Gasteiger partial charge >= 0.3 is 82.2 Å². The van der Waals surface area contributed by atoms with Crippen molar-refractivity contribution >= 4 is 78.4 Å². The minimum absolute atomic E-state index is 0. The second-order valence-electron chi connectivity index (χ2n) is 8.43. The number of phenols is 1. The fourth-order valence-corrected chi connectivity index (χ4v) is 5.85. The Bertz CT molecular complexity index is 1890. The summed E-state index contributed by atoms with van der Waals surface area (Å²) in [6, 6.07) is 9.84. The van der Waals surface area contributed by atoms with E-state index in [1.54, 1.807) is 0 Å². The van der Waals surface area contributed by atoms with Crippen LogP contribution in [-0.4, -0.2) is 60.9 Å². The number of anilines is 1. The molecule has 0 aromatic heterocycles. The molecule has 3 rings (SSSR count). The molecular weight excluding hydrogens is 791 g/mol. The van der Waals surface area contributed by atoms with Crippen LogP contribution in [0, 0.1) is 0 Å². The fourth-order valence-electron chi connectivity index (χ4n) is 3.35. The number of alkyl halides is 1. The maximum absolute atomic E-state index is 12.4. The monoisotopic (exact) mass is 809 g/mol. The maximum atomic E-state index is 12.4. The number of nitrogens with zero attached hydrogens (tertiary/aromatic N) is 4. The number of nitrogens with one attached hydrogen (secondary N) is 1. The molecule has 0 aliphatic heterocycles. The molecule has 0 unspecified atom stereocenters. The van der Waals surface area contributed by atoms with Gasteiger partial charge in [-0.05, 0) is 48.5 Å². The van der Waals surface area contributed by atoms with Gasteiger partial charge in [-0.15, -0.1) is 27.5 Å². The number of aromatic hydroxyl groups is 1. The number of amides is 1. The molecule has 3 aromatic rings. The number of carbonyl (C=O) groups excluding carboxylic acids is 1. The number of carbonyl (C=O) groups is 2. The number of aromatic carboxylic acids is 1. The van der Waals surface area contributed by atoms with Crippen LogP contribution in [0.25, 0.3) is 5.43 Å². The molecule has 0 radical (unpaired) electrons. The summed E-state index contributed by atoms with van der Waals surface area (Å²) in [6.07, 6.45) is 0. The van der Waals surface area contributed by atoms with Gasteiger partial charge in [-0.3, -0.25) is 9.83 Å². The van der Waals surface area contributed by atoms with E-state index in [4.69, 9.17) is 11.6 Å². The number of phenolic OH excluding ortho intramolecular Hbond substituents is 1. The van der Waals surface area contributed by atoms with Crippen molar-refractivity contribution in [3.8, 4) is 5.75 Å². The molecule has 3 N–H and O–H groups in total. The maximum Gasteiger partial charge on any atom is 1.00 e. The zero-order valence-corrected chi connectivity index (χ0v) is 32.9. The first-order chi connectivity index (χ1) is 21.2. The van der Waals surface area contributed by atoms with Crippen molar-refractivity contribution in [2.75, 3.05) is 16.9 Å². The van der Waals surface area contributed by atoms with Crippen molar-refractivity contribution in [3.63, 3.8) is 0 Å². The first-order valence-electron chi connectivity index (χ1n) is 11.9. The molecule has 0 aliphatic carbocycles. The van der Waals surface area contributed by atoms with E-state index in [0.717, 1.165) is 13.0 Å². The molecule has 0 heterocycles. The third kappa shape index (κ3) is 13.2. The Hall–Kier alpha value is -1.63. The first kappa shape index (κ1) is 46.4. The summed E-state index contributed by atoms with van der Waals surface area (Å²) >= 11 is 6.00. The summed E-state index contributed by atoms with van der Waals surface area (Å²) in [5, 5.41) is 47.3. The van der Waals surface area contributed by atoms with Gasteiger partial charge in [0.2, 0.25) is 5.91 Å². The number of carboxylic acids is 1. The van der Waals surface area contributed by atoms with Crippen LogP contribution in [0.15, 0.2) is 84.6 Å². The Morgan fingerprint density at radius 3 is 2.23 bits per heavy atom. The van der Waals surface area contributed by atoms with Gasteiger partial charge in [0.05, 0.1) is 33.3 Å². The van der Waals surface area contributed by atoms with Gasteiger partial charge in [0.15, 0.2) is 21.4 Å². The number of azo groups is 1. The molecule has 0 atom stereocenters. The van der Waals surface area contributed by atoms with E-state index >= 15 is 0 Å². The van der Waals surface area contributed by atoms with E-state index in [0.29, 0.717) is 24.2 Å². The molecule has 3 aromatic carbocycles. The van der Waals surface area contributed by atoms with Gasteiger partial charge in [0.25, 0.3) is 0 Å². The van der Waals surface area contributed by atoms with Crippen LogP contribution in [0.1, 0.15) is 22.8 Å². The normalized spacial score (nSPS) is 11.5. The molecule has 24 heteroatoms. The zero-order chi connectivity index (χ0) is 33.4. The second kappa shape index (κ2) is 20.9. The molecule has 0 fully saturated rings. The number of benzene rings is 3. The summed E-state index contributed by atoms with van der Waals surface area (Å²) in [7, 11) is -8.86. The van der Waals surface area contributed by atoms with E-state index in [1.807, 2.05) is 0 Å². The molecule has 0 spiro atoms. The molecular formula is C24H19ClCuN5Na2O12S3. The van der Waals surface area contributed by atoms with E-state index in [1.165, 1.54) is 36.4 Å². The van der Waals surface area contributed by atoms with Crippen LogP contribution in [-0.2, 0) is 51.2 Å². The molecule has 0 bridgehead atoms. The molecule has 250 valence electrons. The van der Waals surface area contributed by atoms with Crippen LogP contribution in [0.4, 0.5) is 17.1 Å². The van der Waals surface area contributed by atoms with E-state index in [2.05, 4.69) is 35.4 Å². The number of rotatable bonds is 13. The third-order valence-electron chi connectivity index (χ3n) is 5.34. The number of hydrogen-bond acceptors (Lipinski definition) is 14. The van der Waals surface area contributed by atoms with Crippen LogP contribution in [0.5, 0.6) is 5.75 Å². The van der Waals surface area contributed by atoms with Gasteiger partial charge in [-0.1, -0.05) is 6.07 Å². The summed E-state index contributed by atoms with van der Waals surface area (Å²) in [4.78, 5) is 22.5. The predicted molar refractivity (Wildman–Crippen MR) is 155 cm³/mol. The number of amidine groups is 1. The smallest absolute Gasteiger partial charge is 0.744 e. The Morgan fingerprint density at radius 1 is 1.04 bits per heavy atom. The number of halogens is 1. The third-order valence-corrected chi connectivity index (χ3v) is 8.87. The second-order valence-corrected chi connectivity index (χ2v) is 13.1. The topological polar surface area (TPSA) is 271 Å². The average molecular weight is 811 g/mol. The quantitative estimate of drug-likeness (QED) is 0.0152. The minimum atomic E-state index is -5.11. The van der Waals surface area contributed by atoms with Gasteiger partial charge in [0.1, 0.15) is 15.8 Å². The summed E-state index contributed by atoms with van der Waals surface area (Å²) < 4.78 is 64.1. The summed E-state index contributed by atoms with van der Waals surface area (Å²) in [5.41, 5.74) is 2.23. The summed E-state index contributed by atoms with van der Waals surface area (Å²) in [5.74, 6) is -3.86. The van der Waals surface area contributed by atoms with Gasteiger partial charge in [-0.25, -0.2) is 21.6 Å². The first-order valence-corrected chi connectivity index (χ1v) is 16.2. The van der Waals surface area contributed by atoms with Gasteiger partial charge in [-0.2, -0.15) is 4.33 Å². The van der Waals surface area contributed by atoms with Gasteiger partial charge < -0.3 is 35.9 Å². The predicted octanol–water partition coefficient (Wildman–Crippen LogP) is -2.65. The minimum Gasteiger partial charge on any atom is -0.744 e. The van der Waals surface area contributed by atoms with E-state index in [9.17, 15) is 46.4 Å². The number of sulfone groups is 1. The Labute approximate surface area is 337 Å². The zero-order valence-electron chi connectivity index (χ0n) is 24.8. The fraction of sp³-hybridized carbons (Fsp3) is 0.125. The van der Waals surface area contributed by atoms with Crippen LogP contribution in [0.2, 0.25) is 0 Å². The SMILES string of the molecule is CC(=O)Nc1cc(S(=O)(=O)[O-])cc(N=N/C(=N\[N-]c2cc(SOO[O-])ccc2C(=O)O)c2ccc(S(=O)(=O)CCCl)cc2)c1O.[Cu+].[Na+].[Na+]. The molecule has 48 heavy (non-hydrogen) atoms. The molecule has 1 amide bonds. The van der Waals surface area contributed by atoms with Crippen LogP contribution < -0.4 is 69.7 Å². The average Bonchev–Trinajstić information content (AvgIpc) is 2.97. The largest absolute Gasteiger partial charge is 1.00 e. The van der Waals surface area contributed by atoms with Crippen molar-refractivity contribution in [1.82, 2.24) is 0 Å². The Balaban J connectivity index is 0.00000736. The van der Waals surface area contributed by atoms with E-state index in [-0.39, 0.29) is 114 Å². The molecule has 0 saturated heterocycles. The Morgan fingerprint density at radius 2 is 1.69 bits per heavy atom. The van der Waals surface area contributed by atoms with Crippen molar-refractivity contribution < 1.29 is 132 Å². The van der Waals surface area contributed by atoms with Crippen molar-refractivity contribution in [2.24, 2.45) is 15.3 Å². The van der Waals surface area contributed by atoms with Crippen LogP contribution >= 0.6 is 23.6 Å². The van der Waals surface area contributed by atoms with Crippen LogP contribution in [0.3, 0.4) is 0 Å². The molecule has 0 saturated carbocycles. The van der Waals surface area contributed by atoms with E-state index < -0.39 is 59.7 Å². The van der Waals surface area contributed by atoms with Crippen molar-refractivity contribution in [2.45, 2.75) is 21.6 Å². The van der Waals surface area contributed by atoms with Crippen molar-refractivity contribution in [1.29, 1.82) is 0 Å². The van der Waals surface area contributed by atoms with Gasteiger partial charge in [0, 0.05) is 28.8 Å². The number of carboxylic acid groups (broad SMARTS) is 1. The Kier molecular flexibility index (Phi) is 20.2. The standard InChI is InChI=1S/C24H22ClN5O12S3.Cu.2Na/c1-13(31)26-20-11-17(45(38,39)40)12-21(22(20)32)28-30-23(14-2-5-16(6-3-14)44(36,37)9-8-25)29-27-19-10-15(43-42-41-35)4-7-18(19)24(33)34;;;/h2-7,10-12H,8-9H2,1H3,(H6,26,27,28,29,30,31,32,33,34,35,38,39,40);;;/q;3*+1/p-3. The molecule has 17 nitrogen and oxygen atoms in total. The van der Waals surface area contributed by atoms with Crippen molar-refractivity contribution in [3.05, 3.63) is 71.1 Å². The number of hydrogen-bond donors (Lipinski definition) is 3.